The van der Waals surface area contributed by atoms with E-state index in [0.717, 1.165) is 23.4 Å². The molecule has 0 radical (unpaired) electrons. The van der Waals surface area contributed by atoms with Crippen molar-refractivity contribution in [2.45, 2.75) is 38.9 Å². The average Bonchev–Trinajstić information content (AvgIpc) is 3.12. The smallest absolute Gasteiger partial charge is 0.391 e. The van der Waals surface area contributed by atoms with E-state index < -0.39 is 34.6 Å². The van der Waals surface area contributed by atoms with E-state index in [1.165, 1.54) is 16.9 Å². The maximum atomic E-state index is 14.5. The van der Waals surface area contributed by atoms with Gasteiger partial charge >= 0.3 is 17.8 Å². The molecule has 1 unspecified atom stereocenters. The predicted molar refractivity (Wildman–Crippen MR) is 152 cm³/mol. The molecule has 204 valence electrons. The van der Waals surface area contributed by atoms with Crippen molar-refractivity contribution < 1.29 is 19.1 Å². The van der Waals surface area contributed by atoms with Gasteiger partial charge < -0.3 is 10.5 Å². The molecule has 40 heavy (non-hydrogen) atoms. The Balaban J connectivity index is 1.61. The van der Waals surface area contributed by atoms with Gasteiger partial charge in [0.2, 0.25) is 0 Å². The highest BCUT2D eigenvalue weighted by Gasteiger charge is 2.67. The van der Waals surface area contributed by atoms with Gasteiger partial charge in [0.15, 0.2) is 5.69 Å². The van der Waals surface area contributed by atoms with E-state index in [4.69, 9.17) is 15.5 Å². The molecule has 0 saturated carbocycles. The molecular weight excluding hydrogens is 508 g/mol. The number of fused-ring (bicyclic) bond motifs is 1. The van der Waals surface area contributed by atoms with Crippen LogP contribution in [0.15, 0.2) is 77.8 Å². The van der Waals surface area contributed by atoms with Gasteiger partial charge in [0, 0.05) is 11.6 Å². The Morgan fingerprint density at radius 2 is 1.77 bits per heavy atom. The van der Waals surface area contributed by atoms with Crippen LogP contribution < -0.4 is 20.0 Å². The molecule has 10 nitrogen and oxygen atoms in total. The van der Waals surface area contributed by atoms with Crippen molar-refractivity contribution in [2.75, 3.05) is 18.6 Å². The zero-order valence-corrected chi connectivity index (χ0v) is 22.7. The molecule has 4 heterocycles. The number of amides is 4. The maximum absolute atomic E-state index is 14.5. The van der Waals surface area contributed by atoms with Crippen molar-refractivity contribution in [3.05, 3.63) is 83.9 Å². The number of aliphatic imine (C=N–C) groups is 1. The number of carbonyl (C=O) groups is 3. The lowest BCUT2D eigenvalue weighted by atomic mass is 9.96. The van der Waals surface area contributed by atoms with Gasteiger partial charge in [-0.25, -0.2) is 14.6 Å². The largest absolute Gasteiger partial charge is 0.494 e. The van der Waals surface area contributed by atoms with Crippen LogP contribution in [-0.2, 0) is 9.59 Å². The fourth-order valence-corrected chi connectivity index (χ4v) is 5.52. The molecule has 4 aliphatic rings. The number of urea groups is 1. The number of likely N-dealkylation sites (N-methyl/N-ethyl adjacent to an activating group) is 1. The van der Waals surface area contributed by atoms with Crippen LogP contribution in [0.4, 0.5) is 21.9 Å². The van der Waals surface area contributed by atoms with E-state index in [-0.39, 0.29) is 0 Å². The Hall–Kier alpha value is -4.54. The number of unbranched alkanes of at least 4 members (excludes halogenated alkanes) is 1. The Morgan fingerprint density at radius 1 is 1.05 bits per heavy atom. The van der Waals surface area contributed by atoms with Crippen molar-refractivity contribution in [3.8, 4) is 5.75 Å². The van der Waals surface area contributed by atoms with Crippen LogP contribution in [-0.4, -0.2) is 59.5 Å². The predicted octanol–water partition coefficient (Wildman–Crippen LogP) is 4.10. The second-order valence-corrected chi connectivity index (χ2v) is 10.3. The molecule has 2 N–H and O–H groups in total. The normalized spacial score (nSPS) is 21.8. The lowest BCUT2D eigenvalue weighted by molar-refractivity contribution is -0.166. The summed E-state index contributed by atoms with van der Waals surface area (Å²) in [6, 6.07) is 20.7. The second-order valence-electron chi connectivity index (χ2n) is 10.3. The molecule has 0 aliphatic carbocycles. The maximum Gasteiger partial charge on any atom is 0.391 e. The second kappa shape index (κ2) is 9.58. The molecule has 7 rings (SSSR count). The summed E-state index contributed by atoms with van der Waals surface area (Å²) < 4.78 is 5.26. The van der Waals surface area contributed by atoms with Crippen LogP contribution in [0.2, 0.25) is 0 Å². The van der Waals surface area contributed by atoms with Gasteiger partial charge in [-0.2, -0.15) is 0 Å². The first kappa shape index (κ1) is 25.7. The standard InChI is InChI=1S/C30H31N6O4/c1-4-5-18-40-22-16-14-21(15-17-22)33-23-12-9-13-24-25(23)26(20-10-7-6-8-11-20)32-27-29(38)36(24,3)35(28(37)19(2)31)34(27)30(33)39/h6-17,19,27H,4-5,18,31H2,1-3H3/q+1/t19-,27?,36+/m0/s1. The van der Waals surface area contributed by atoms with Gasteiger partial charge in [-0.1, -0.05) is 54.9 Å². The van der Waals surface area contributed by atoms with E-state index in [1.807, 2.05) is 48.5 Å². The minimum Gasteiger partial charge on any atom is -0.494 e. The van der Waals surface area contributed by atoms with Gasteiger partial charge in [-0.05, 0) is 43.7 Å². The summed E-state index contributed by atoms with van der Waals surface area (Å²) in [4.78, 5) is 48.7. The SMILES string of the molecule is CCCCOc1ccc(N2C(=O)N3C4N=C(c5ccccc5)c5c2cccc5[N@+](C)(C4=O)N3C(=O)[C@H](C)N)cc1. The zero-order valence-electron chi connectivity index (χ0n) is 22.7. The zero-order chi connectivity index (χ0) is 28.2. The summed E-state index contributed by atoms with van der Waals surface area (Å²) in [6.07, 6.45) is 0.693. The molecule has 0 aromatic heterocycles. The Bertz CT molecular complexity index is 1540. The van der Waals surface area contributed by atoms with Gasteiger partial charge in [0.1, 0.15) is 12.8 Å². The Morgan fingerprint density at radius 3 is 2.45 bits per heavy atom. The van der Waals surface area contributed by atoms with Gasteiger partial charge in [-0.3, -0.25) is 9.69 Å². The number of hydrogen-bond donors (Lipinski definition) is 1. The average molecular weight is 540 g/mol. The number of benzene rings is 3. The molecule has 3 aromatic rings. The van der Waals surface area contributed by atoms with Crippen LogP contribution in [0.25, 0.3) is 0 Å². The Labute approximate surface area is 232 Å². The number of hydrogen-bond acceptors (Lipinski definition) is 6. The number of nitrogens with two attached hydrogens (primary N) is 1. The first-order valence-corrected chi connectivity index (χ1v) is 13.4. The van der Waals surface area contributed by atoms with Crippen LogP contribution in [0.3, 0.4) is 0 Å². The molecule has 1 saturated heterocycles. The highest BCUT2D eigenvalue weighted by atomic mass is 16.5. The van der Waals surface area contributed by atoms with E-state index in [1.54, 1.807) is 31.3 Å². The number of carbonyl (C=O) groups excluding carboxylic acids is 3. The number of hydrazine groups is 1. The number of anilines is 2. The van der Waals surface area contributed by atoms with Crippen molar-refractivity contribution in [3.63, 3.8) is 0 Å². The highest BCUT2D eigenvalue weighted by molar-refractivity contribution is 6.25. The third kappa shape index (κ3) is 3.64. The van der Waals surface area contributed by atoms with Gasteiger partial charge in [0.05, 0.1) is 35.3 Å². The Kier molecular flexibility index (Phi) is 6.16. The molecular formula is C30H31N6O4+. The lowest BCUT2D eigenvalue weighted by Gasteiger charge is -2.42. The summed E-state index contributed by atoms with van der Waals surface area (Å²) in [6.45, 7) is 4.24. The first-order chi connectivity index (χ1) is 19.3. The van der Waals surface area contributed by atoms with Crippen LogP contribution in [0.1, 0.15) is 37.8 Å². The topological polar surface area (TPSA) is 109 Å². The van der Waals surface area contributed by atoms with Gasteiger partial charge in [0.25, 0.3) is 6.17 Å². The number of nitrogens with zero attached hydrogens (tertiary/aromatic N) is 5. The highest BCUT2D eigenvalue weighted by Crippen LogP contribution is 2.48. The van der Waals surface area contributed by atoms with E-state index in [2.05, 4.69) is 6.92 Å². The number of quaternary nitrogens is 1. The van der Waals surface area contributed by atoms with Crippen LogP contribution in [0.5, 0.6) is 5.75 Å². The molecule has 10 heteroatoms. The van der Waals surface area contributed by atoms with Crippen molar-refractivity contribution in [1.29, 1.82) is 0 Å². The van der Waals surface area contributed by atoms with Crippen molar-refractivity contribution in [1.82, 2.24) is 14.7 Å². The number of rotatable bonds is 7. The van der Waals surface area contributed by atoms with Crippen molar-refractivity contribution >= 4 is 40.6 Å². The lowest BCUT2D eigenvalue weighted by Crippen LogP contribution is -2.67. The van der Waals surface area contributed by atoms with E-state index >= 15 is 0 Å². The quantitative estimate of drug-likeness (QED) is 0.359. The fraction of sp³-hybridized carbons (Fsp3) is 0.267. The number of ether oxygens (including phenoxy) is 1. The molecule has 4 aliphatic heterocycles. The van der Waals surface area contributed by atoms with Gasteiger partial charge in [-0.15, -0.1) is 9.60 Å². The van der Waals surface area contributed by atoms with Crippen molar-refractivity contribution in [2.24, 2.45) is 10.7 Å². The molecule has 6 bridgehead atoms. The van der Waals surface area contributed by atoms with Crippen LogP contribution in [0, 0.1) is 0 Å². The van der Waals surface area contributed by atoms with Crippen LogP contribution >= 0.6 is 0 Å². The third-order valence-corrected chi connectivity index (χ3v) is 7.57. The minimum atomic E-state index is -1.27. The van der Waals surface area contributed by atoms with E-state index in [9.17, 15) is 14.4 Å². The minimum absolute atomic E-state index is 0.423. The summed E-state index contributed by atoms with van der Waals surface area (Å²) >= 11 is 0. The summed E-state index contributed by atoms with van der Waals surface area (Å²) in [5, 5.41) is 2.33. The first-order valence-electron chi connectivity index (χ1n) is 13.4. The molecule has 4 amide bonds. The molecule has 3 atom stereocenters. The molecule has 3 aromatic carbocycles. The monoisotopic (exact) mass is 539 g/mol. The third-order valence-electron chi connectivity index (χ3n) is 7.57. The van der Waals surface area contributed by atoms with E-state index in [0.29, 0.717) is 40.7 Å². The summed E-state index contributed by atoms with van der Waals surface area (Å²) in [7, 11) is 1.62. The summed E-state index contributed by atoms with van der Waals surface area (Å²) in [5.74, 6) is -0.298. The molecule has 1 fully saturated rings. The summed E-state index contributed by atoms with van der Waals surface area (Å²) in [5.41, 5.74) is 9.67. The molecule has 0 spiro atoms. The fourth-order valence-electron chi connectivity index (χ4n) is 5.52.